The van der Waals surface area contributed by atoms with Crippen LogP contribution in [0.25, 0.3) is 11.0 Å². The molecule has 72 valence electrons. The molecule has 0 aliphatic heterocycles. The topological polar surface area (TPSA) is 50.4 Å². The maximum absolute atomic E-state index is 11.3. The summed E-state index contributed by atoms with van der Waals surface area (Å²) in [5.41, 5.74) is -0.223. The molecule has 0 aliphatic rings. The molecule has 0 amide bonds. The van der Waals surface area contributed by atoms with E-state index >= 15 is 0 Å². The van der Waals surface area contributed by atoms with Crippen molar-refractivity contribution in [2.75, 3.05) is 0 Å². The molecule has 3 nitrogen and oxygen atoms in total. The molecule has 0 unspecified atom stereocenters. The van der Waals surface area contributed by atoms with E-state index in [-0.39, 0.29) is 11.3 Å². The highest BCUT2D eigenvalue weighted by Crippen LogP contribution is 2.25. The minimum atomic E-state index is -0.457. The molecule has 0 fully saturated rings. The van der Waals surface area contributed by atoms with Crippen LogP contribution in [0.15, 0.2) is 31.9 Å². The highest BCUT2D eigenvalue weighted by atomic mass is 79.9. The van der Waals surface area contributed by atoms with Crippen molar-refractivity contribution in [3.05, 3.63) is 38.7 Å². The van der Waals surface area contributed by atoms with Gasteiger partial charge in [-0.2, -0.15) is 0 Å². The van der Waals surface area contributed by atoms with E-state index in [4.69, 9.17) is 4.42 Å². The Hall–Kier alpha value is -1.29. The zero-order valence-electron chi connectivity index (χ0n) is 7.37. The van der Waals surface area contributed by atoms with E-state index < -0.39 is 5.43 Å². The second kappa shape index (κ2) is 3.13. The fraction of sp³-hybridized carbons (Fsp3) is 0.100. The zero-order chi connectivity index (χ0) is 10.3. The molecule has 2 rings (SSSR count). The summed E-state index contributed by atoms with van der Waals surface area (Å²) in [6.07, 6.45) is 0. The predicted molar refractivity (Wildman–Crippen MR) is 56.6 cm³/mol. The molecule has 0 atom stereocenters. The second-order valence-corrected chi connectivity index (χ2v) is 3.94. The van der Waals surface area contributed by atoms with Crippen LogP contribution in [0.1, 0.15) is 5.76 Å². The van der Waals surface area contributed by atoms with Gasteiger partial charge in [0.1, 0.15) is 5.76 Å². The minimum absolute atomic E-state index is 0.234. The van der Waals surface area contributed by atoms with Gasteiger partial charge >= 0.3 is 0 Å². The minimum Gasteiger partial charge on any atom is -0.502 e. The second-order valence-electron chi connectivity index (χ2n) is 3.03. The Morgan fingerprint density at radius 2 is 2.07 bits per heavy atom. The SMILES string of the molecule is Cc1cc2cc(Br)cc(=O)c(O)c2o1. The van der Waals surface area contributed by atoms with Crippen LogP contribution in [-0.2, 0) is 0 Å². The summed E-state index contributed by atoms with van der Waals surface area (Å²) in [6.45, 7) is 1.76. The molecule has 0 saturated heterocycles. The molecular formula is C10H7BrO3. The van der Waals surface area contributed by atoms with E-state index in [2.05, 4.69) is 15.9 Å². The number of aromatic hydroxyl groups is 1. The quantitative estimate of drug-likeness (QED) is 0.787. The summed E-state index contributed by atoms with van der Waals surface area (Å²) >= 11 is 3.20. The van der Waals surface area contributed by atoms with Gasteiger partial charge in [0.25, 0.3) is 0 Å². The van der Waals surface area contributed by atoms with Crippen LogP contribution >= 0.6 is 15.9 Å². The Labute approximate surface area is 88.1 Å². The summed E-state index contributed by atoms with van der Waals surface area (Å²) < 4.78 is 5.84. The lowest BCUT2D eigenvalue weighted by Gasteiger charge is -1.83. The molecule has 0 radical (unpaired) electrons. The van der Waals surface area contributed by atoms with Crippen molar-refractivity contribution < 1.29 is 9.52 Å². The van der Waals surface area contributed by atoms with Crippen molar-refractivity contribution >= 4 is 26.9 Å². The normalized spacial score (nSPS) is 10.7. The lowest BCUT2D eigenvalue weighted by molar-refractivity contribution is 0.457. The van der Waals surface area contributed by atoms with Gasteiger partial charge in [0.15, 0.2) is 5.58 Å². The van der Waals surface area contributed by atoms with Gasteiger partial charge in [-0.1, -0.05) is 15.9 Å². The molecule has 2 aromatic rings. The van der Waals surface area contributed by atoms with Crippen molar-refractivity contribution in [2.45, 2.75) is 6.92 Å². The first kappa shape index (κ1) is 9.27. The number of halogens is 1. The monoisotopic (exact) mass is 254 g/mol. The van der Waals surface area contributed by atoms with Crippen molar-refractivity contribution in [3.63, 3.8) is 0 Å². The van der Waals surface area contributed by atoms with E-state index in [9.17, 15) is 9.90 Å². The van der Waals surface area contributed by atoms with Gasteiger partial charge in [-0.05, 0) is 19.1 Å². The first-order valence-electron chi connectivity index (χ1n) is 4.01. The fourth-order valence-corrected chi connectivity index (χ4v) is 1.78. The number of rotatable bonds is 0. The Balaban J connectivity index is 3.05. The van der Waals surface area contributed by atoms with Gasteiger partial charge in [0, 0.05) is 15.9 Å². The Bertz CT molecular complexity index is 557. The molecule has 1 aromatic heterocycles. The number of aryl methyl sites for hydroxylation is 1. The smallest absolute Gasteiger partial charge is 0.225 e. The summed E-state index contributed by atoms with van der Waals surface area (Å²) in [5.74, 6) is 0.312. The lowest BCUT2D eigenvalue weighted by atomic mass is 10.3. The van der Waals surface area contributed by atoms with Crippen LogP contribution in [0.4, 0.5) is 0 Å². The van der Waals surface area contributed by atoms with Crippen LogP contribution in [0, 0.1) is 6.92 Å². The molecule has 4 heteroatoms. The largest absolute Gasteiger partial charge is 0.502 e. The fourth-order valence-electron chi connectivity index (χ4n) is 1.32. The molecule has 0 aliphatic carbocycles. The summed E-state index contributed by atoms with van der Waals surface area (Å²) in [6, 6.07) is 4.80. The lowest BCUT2D eigenvalue weighted by Crippen LogP contribution is -1.92. The van der Waals surface area contributed by atoms with Crippen molar-refractivity contribution in [2.24, 2.45) is 0 Å². The molecular weight excluding hydrogens is 248 g/mol. The van der Waals surface area contributed by atoms with Crippen LogP contribution in [0.5, 0.6) is 5.75 Å². The maximum atomic E-state index is 11.3. The van der Waals surface area contributed by atoms with E-state index in [0.717, 1.165) is 0 Å². The average Bonchev–Trinajstić information content (AvgIpc) is 2.40. The van der Waals surface area contributed by atoms with E-state index in [0.29, 0.717) is 15.6 Å². The van der Waals surface area contributed by atoms with Gasteiger partial charge in [-0.3, -0.25) is 4.79 Å². The van der Waals surface area contributed by atoms with Gasteiger partial charge in [-0.15, -0.1) is 0 Å². The third-order valence-corrected chi connectivity index (χ3v) is 2.35. The maximum Gasteiger partial charge on any atom is 0.225 e. The third-order valence-electron chi connectivity index (χ3n) is 1.89. The first-order valence-corrected chi connectivity index (χ1v) is 4.80. The van der Waals surface area contributed by atoms with Gasteiger partial charge < -0.3 is 9.52 Å². The molecule has 0 bridgehead atoms. The summed E-state index contributed by atoms with van der Waals surface area (Å²) in [7, 11) is 0. The van der Waals surface area contributed by atoms with Crippen LogP contribution < -0.4 is 5.43 Å². The first-order chi connectivity index (χ1) is 6.58. The summed E-state index contributed by atoms with van der Waals surface area (Å²) in [5, 5.41) is 10.2. The number of fused-ring (bicyclic) bond motifs is 1. The van der Waals surface area contributed by atoms with Crippen LogP contribution in [0.2, 0.25) is 0 Å². The Morgan fingerprint density at radius 3 is 2.79 bits per heavy atom. The molecule has 1 aromatic carbocycles. The molecule has 0 spiro atoms. The van der Waals surface area contributed by atoms with Gasteiger partial charge in [-0.25, -0.2) is 0 Å². The standard InChI is InChI=1S/C10H7BrO3/c1-5-2-6-3-7(11)4-8(12)9(13)10(6)14-5/h2-4H,1H3,(H,12,13). The number of hydrogen-bond donors (Lipinski definition) is 1. The van der Waals surface area contributed by atoms with Gasteiger partial charge in [0.2, 0.25) is 11.2 Å². The third kappa shape index (κ3) is 1.42. The van der Waals surface area contributed by atoms with Crippen LogP contribution in [-0.4, -0.2) is 5.11 Å². The highest BCUT2D eigenvalue weighted by molar-refractivity contribution is 9.10. The van der Waals surface area contributed by atoms with E-state index in [1.165, 1.54) is 6.07 Å². The highest BCUT2D eigenvalue weighted by Gasteiger charge is 2.08. The van der Waals surface area contributed by atoms with Crippen molar-refractivity contribution in [1.82, 2.24) is 0 Å². The molecule has 1 N–H and O–H groups in total. The van der Waals surface area contributed by atoms with Gasteiger partial charge in [0.05, 0.1) is 0 Å². The number of hydrogen-bond acceptors (Lipinski definition) is 3. The van der Waals surface area contributed by atoms with Crippen LogP contribution in [0.3, 0.4) is 0 Å². The van der Waals surface area contributed by atoms with E-state index in [1.54, 1.807) is 19.1 Å². The average molecular weight is 255 g/mol. The Morgan fingerprint density at radius 1 is 1.36 bits per heavy atom. The Kier molecular flexibility index (Phi) is 2.07. The molecule has 0 saturated carbocycles. The van der Waals surface area contributed by atoms with E-state index in [1.807, 2.05) is 0 Å². The number of furan rings is 1. The molecule has 14 heavy (non-hydrogen) atoms. The summed E-state index contributed by atoms with van der Waals surface area (Å²) in [4.78, 5) is 11.3. The predicted octanol–water partition coefficient (Wildman–Crippen LogP) is 2.57. The molecule has 1 heterocycles. The zero-order valence-corrected chi connectivity index (χ0v) is 8.96. The van der Waals surface area contributed by atoms with Crippen molar-refractivity contribution in [1.29, 1.82) is 0 Å². The van der Waals surface area contributed by atoms with Crippen molar-refractivity contribution in [3.8, 4) is 5.75 Å².